The van der Waals surface area contributed by atoms with Crippen molar-refractivity contribution in [3.8, 4) is 0 Å². The molecule has 0 unspecified atom stereocenters. The average molecular weight is 267 g/mol. The summed E-state index contributed by atoms with van der Waals surface area (Å²) in [5, 5.41) is 3.25. The second kappa shape index (κ2) is 7.25. The zero-order valence-electron chi connectivity index (χ0n) is 12.5. The van der Waals surface area contributed by atoms with Gasteiger partial charge in [0.25, 0.3) is 0 Å². The summed E-state index contributed by atoms with van der Waals surface area (Å²) in [6.07, 6.45) is 5.81. The molecule has 0 saturated carbocycles. The Balaban J connectivity index is 1.91. The van der Waals surface area contributed by atoms with Gasteiger partial charge in [-0.2, -0.15) is 0 Å². The molecule has 2 rings (SSSR count). The Labute approximate surface area is 117 Å². The van der Waals surface area contributed by atoms with Crippen molar-refractivity contribution in [2.75, 3.05) is 39.8 Å². The van der Waals surface area contributed by atoms with Crippen LogP contribution >= 0.6 is 0 Å². The number of hydrogen-bond acceptors (Lipinski definition) is 3. The monoisotopic (exact) mass is 267 g/mol. The highest BCUT2D eigenvalue weighted by molar-refractivity contribution is 5.82. The van der Waals surface area contributed by atoms with Crippen LogP contribution in [0.3, 0.4) is 0 Å². The fourth-order valence-electron chi connectivity index (χ4n) is 3.59. The standard InChI is InChI=1S/C15H29N3O/c1-3-8-17-9-5-7-14(17)15(19)18-10-4-6-13(12-18)11-16-2/h13-14,16H,3-12H2,1-2H3/t13-,14-/m0/s1. The summed E-state index contributed by atoms with van der Waals surface area (Å²) in [6.45, 7) is 7.34. The fourth-order valence-corrected chi connectivity index (χ4v) is 3.59. The molecule has 2 aliphatic heterocycles. The van der Waals surface area contributed by atoms with Crippen molar-refractivity contribution < 1.29 is 4.79 Å². The lowest BCUT2D eigenvalue weighted by Gasteiger charge is -2.36. The molecule has 0 bridgehead atoms. The first-order valence-electron chi connectivity index (χ1n) is 7.93. The molecule has 0 aliphatic carbocycles. The highest BCUT2D eigenvalue weighted by Crippen LogP contribution is 2.23. The van der Waals surface area contributed by atoms with Crippen LogP contribution in [0, 0.1) is 5.92 Å². The van der Waals surface area contributed by atoms with Gasteiger partial charge in [0.05, 0.1) is 6.04 Å². The third kappa shape index (κ3) is 3.69. The average Bonchev–Trinajstić information content (AvgIpc) is 2.87. The van der Waals surface area contributed by atoms with Gasteiger partial charge in [-0.05, 0) is 64.7 Å². The van der Waals surface area contributed by atoms with Crippen molar-refractivity contribution in [2.24, 2.45) is 5.92 Å². The van der Waals surface area contributed by atoms with Gasteiger partial charge in [-0.15, -0.1) is 0 Å². The maximum absolute atomic E-state index is 12.7. The molecule has 0 aromatic heterocycles. The third-order valence-corrected chi connectivity index (χ3v) is 4.48. The van der Waals surface area contributed by atoms with E-state index in [0.717, 1.165) is 45.6 Å². The van der Waals surface area contributed by atoms with Crippen LogP contribution in [0.15, 0.2) is 0 Å². The molecule has 1 N–H and O–H groups in total. The molecule has 0 aromatic rings. The minimum atomic E-state index is 0.174. The predicted molar refractivity (Wildman–Crippen MR) is 78.1 cm³/mol. The maximum Gasteiger partial charge on any atom is 0.239 e. The first kappa shape index (κ1) is 14.8. The first-order chi connectivity index (χ1) is 9.26. The smallest absolute Gasteiger partial charge is 0.239 e. The SMILES string of the molecule is CCCN1CCC[C@H]1C(=O)N1CCC[C@@H](CNC)C1. The zero-order chi connectivity index (χ0) is 13.7. The number of hydrogen-bond donors (Lipinski definition) is 1. The van der Waals surface area contributed by atoms with Crippen LogP contribution in [0.1, 0.15) is 39.0 Å². The van der Waals surface area contributed by atoms with Crippen LogP contribution in [0.25, 0.3) is 0 Å². The van der Waals surface area contributed by atoms with E-state index in [-0.39, 0.29) is 6.04 Å². The van der Waals surface area contributed by atoms with E-state index in [2.05, 4.69) is 22.0 Å². The van der Waals surface area contributed by atoms with Crippen molar-refractivity contribution in [3.05, 3.63) is 0 Å². The molecule has 2 fully saturated rings. The van der Waals surface area contributed by atoms with Gasteiger partial charge < -0.3 is 10.2 Å². The number of carbonyl (C=O) groups is 1. The van der Waals surface area contributed by atoms with Crippen molar-refractivity contribution in [1.29, 1.82) is 0 Å². The molecule has 110 valence electrons. The van der Waals surface area contributed by atoms with Gasteiger partial charge in [-0.1, -0.05) is 6.92 Å². The molecule has 4 nitrogen and oxygen atoms in total. The zero-order valence-corrected chi connectivity index (χ0v) is 12.5. The number of nitrogens with one attached hydrogen (secondary N) is 1. The van der Waals surface area contributed by atoms with Crippen molar-refractivity contribution in [1.82, 2.24) is 15.1 Å². The summed E-state index contributed by atoms with van der Waals surface area (Å²) in [6, 6.07) is 0.174. The summed E-state index contributed by atoms with van der Waals surface area (Å²) < 4.78 is 0. The fraction of sp³-hybridized carbons (Fsp3) is 0.933. The molecule has 2 saturated heterocycles. The van der Waals surface area contributed by atoms with Gasteiger partial charge >= 0.3 is 0 Å². The topological polar surface area (TPSA) is 35.6 Å². The van der Waals surface area contributed by atoms with Crippen LogP contribution in [-0.4, -0.2) is 61.5 Å². The van der Waals surface area contributed by atoms with Gasteiger partial charge in [0.15, 0.2) is 0 Å². The maximum atomic E-state index is 12.7. The van der Waals surface area contributed by atoms with E-state index in [4.69, 9.17) is 0 Å². The Hall–Kier alpha value is -0.610. The number of amides is 1. The number of rotatable bonds is 5. The number of carbonyl (C=O) groups excluding carboxylic acids is 1. The number of piperidine rings is 1. The van der Waals surface area contributed by atoms with Gasteiger partial charge in [0.1, 0.15) is 0 Å². The minimum absolute atomic E-state index is 0.174. The molecule has 2 atom stereocenters. The Bertz CT molecular complexity index is 293. The molecule has 4 heteroatoms. The van der Waals surface area contributed by atoms with Crippen molar-refractivity contribution in [2.45, 2.75) is 45.1 Å². The second-order valence-corrected chi connectivity index (χ2v) is 6.04. The normalized spacial score (nSPS) is 28.8. The van der Waals surface area contributed by atoms with Crippen LogP contribution in [0.4, 0.5) is 0 Å². The highest BCUT2D eigenvalue weighted by Gasteiger charge is 2.34. The van der Waals surface area contributed by atoms with Crippen LogP contribution < -0.4 is 5.32 Å². The number of likely N-dealkylation sites (tertiary alicyclic amines) is 2. The molecule has 0 radical (unpaired) electrons. The lowest BCUT2D eigenvalue weighted by Crippen LogP contribution is -2.50. The molecule has 19 heavy (non-hydrogen) atoms. The third-order valence-electron chi connectivity index (χ3n) is 4.48. The van der Waals surface area contributed by atoms with E-state index < -0.39 is 0 Å². The minimum Gasteiger partial charge on any atom is -0.341 e. The van der Waals surface area contributed by atoms with Gasteiger partial charge in [-0.3, -0.25) is 9.69 Å². The molecule has 0 aromatic carbocycles. The summed E-state index contributed by atoms with van der Waals surface area (Å²) in [5.74, 6) is 1.04. The molecule has 2 aliphatic rings. The van der Waals surface area contributed by atoms with E-state index in [0.29, 0.717) is 11.8 Å². The Kier molecular flexibility index (Phi) is 5.64. The van der Waals surface area contributed by atoms with E-state index in [1.807, 2.05) is 7.05 Å². The van der Waals surface area contributed by atoms with Gasteiger partial charge in [-0.25, -0.2) is 0 Å². The second-order valence-electron chi connectivity index (χ2n) is 6.04. The molecular weight excluding hydrogens is 238 g/mol. The Morgan fingerprint density at radius 2 is 2.05 bits per heavy atom. The van der Waals surface area contributed by atoms with E-state index in [1.165, 1.54) is 19.3 Å². The molecule has 1 amide bonds. The lowest BCUT2D eigenvalue weighted by molar-refractivity contribution is -0.137. The first-order valence-corrected chi connectivity index (χ1v) is 7.93. The van der Waals surface area contributed by atoms with Crippen LogP contribution in [0.2, 0.25) is 0 Å². The predicted octanol–water partition coefficient (Wildman–Crippen LogP) is 1.32. The van der Waals surface area contributed by atoms with Crippen molar-refractivity contribution in [3.63, 3.8) is 0 Å². The van der Waals surface area contributed by atoms with E-state index in [9.17, 15) is 4.79 Å². The Morgan fingerprint density at radius 3 is 2.79 bits per heavy atom. The van der Waals surface area contributed by atoms with E-state index >= 15 is 0 Å². The summed E-state index contributed by atoms with van der Waals surface area (Å²) >= 11 is 0. The Morgan fingerprint density at radius 1 is 1.26 bits per heavy atom. The lowest BCUT2D eigenvalue weighted by atomic mass is 9.97. The summed E-state index contributed by atoms with van der Waals surface area (Å²) in [4.78, 5) is 17.2. The van der Waals surface area contributed by atoms with Crippen molar-refractivity contribution >= 4 is 5.91 Å². The van der Waals surface area contributed by atoms with Gasteiger partial charge in [0, 0.05) is 13.1 Å². The largest absolute Gasteiger partial charge is 0.341 e. The van der Waals surface area contributed by atoms with Crippen LogP contribution in [0.5, 0.6) is 0 Å². The molecule has 2 heterocycles. The number of nitrogens with zero attached hydrogens (tertiary/aromatic N) is 2. The highest BCUT2D eigenvalue weighted by atomic mass is 16.2. The summed E-state index contributed by atoms with van der Waals surface area (Å²) in [7, 11) is 2.00. The van der Waals surface area contributed by atoms with E-state index in [1.54, 1.807) is 0 Å². The van der Waals surface area contributed by atoms with Gasteiger partial charge in [0.2, 0.25) is 5.91 Å². The molecular formula is C15H29N3O. The summed E-state index contributed by atoms with van der Waals surface area (Å²) in [5.41, 5.74) is 0. The quantitative estimate of drug-likeness (QED) is 0.816. The van der Waals surface area contributed by atoms with Crippen LogP contribution in [-0.2, 0) is 4.79 Å². The molecule has 0 spiro atoms.